The average molecular weight is 488 g/mol. The van der Waals surface area contributed by atoms with E-state index in [2.05, 4.69) is 36.4 Å². The molecule has 1 heterocycles. The van der Waals surface area contributed by atoms with Crippen molar-refractivity contribution in [2.24, 2.45) is 0 Å². The van der Waals surface area contributed by atoms with Gasteiger partial charge in [0.2, 0.25) is 0 Å². The molecule has 4 rings (SSSR count). The summed E-state index contributed by atoms with van der Waals surface area (Å²) in [5, 5.41) is 7.43. The summed E-state index contributed by atoms with van der Waals surface area (Å²) in [4.78, 5) is 24.5. The monoisotopic (exact) mass is 487 g/mol. The van der Waals surface area contributed by atoms with Gasteiger partial charge in [0.1, 0.15) is 5.82 Å². The Kier molecular flexibility index (Phi) is 7.75. The first-order chi connectivity index (χ1) is 17.4. The van der Waals surface area contributed by atoms with Crippen molar-refractivity contribution >= 4 is 17.7 Å². The van der Waals surface area contributed by atoms with Crippen molar-refractivity contribution in [3.8, 4) is 22.7 Å². The molecule has 0 aliphatic carbocycles. The van der Waals surface area contributed by atoms with Crippen molar-refractivity contribution < 1.29 is 23.5 Å². The standard InChI is InChI=1S/C28H26FN3O4/c1-19(2)20-12-14-21(15-13-20)24-16-26(32(31-24)22-8-4-3-5-9-22)30-27(33)17-36-28(34)18-35-25-11-7-6-10-23(25)29/h3-16,19H,17-18H2,1-2H3,(H,30,33). The first-order valence-corrected chi connectivity index (χ1v) is 11.5. The number of rotatable bonds is 9. The molecule has 7 nitrogen and oxygen atoms in total. The number of hydrogen-bond donors (Lipinski definition) is 1. The Morgan fingerprint density at radius 1 is 0.944 bits per heavy atom. The summed E-state index contributed by atoms with van der Waals surface area (Å²) >= 11 is 0. The summed E-state index contributed by atoms with van der Waals surface area (Å²) in [6.45, 7) is 3.21. The van der Waals surface area contributed by atoms with E-state index in [9.17, 15) is 14.0 Å². The molecule has 1 aromatic heterocycles. The Hall–Kier alpha value is -4.46. The zero-order valence-electron chi connectivity index (χ0n) is 20.0. The Balaban J connectivity index is 1.44. The second-order valence-electron chi connectivity index (χ2n) is 8.37. The van der Waals surface area contributed by atoms with Crippen LogP contribution < -0.4 is 10.1 Å². The molecule has 4 aromatic rings. The number of nitrogens with one attached hydrogen (secondary N) is 1. The SMILES string of the molecule is CC(C)c1ccc(-c2cc(NC(=O)COC(=O)COc3ccccc3F)n(-c3ccccc3)n2)cc1. The predicted molar refractivity (Wildman–Crippen MR) is 135 cm³/mol. The number of carbonyl (C=O) groups is 2. The van der Waals surface area contributed by atoms with Crippen LogP contribution in [-0.4, -0.2) is 34.9 Å². The Morgan fingerprint density at radius 3 is 2.33 bits per heavy atom. The molecule has 0 saturated heterocycles. The van der Waals surface area contributed by atoms with Gasteiger partial charge in [-0.2, -0.15) is 5.10 Å². The molecular formula is C28H26FN3O4. The maximum atomic E-state index is 13.6. The van der Waals surface area contributed by atoms with Crippen molar-refractivity contribution in [3.05, 3.63) is 96.3 Å². The highest BCUT2D eigenvalue weighted by Crippen LogP contribution is 2.26. The molecule has 0 unspecified atom stereocenters. The molecule has 8 heteroatoms. The lowest BCUT2D eigenvalue weighted by atomic mass is 10.0. The van der Waals surface area contributed by atoms with E-state index in [-0.39, 0.29) is 5.75 Å². The number of nitrogens with zero attached hydrogens (tertiary/aromatic N) is 2. The summed E-state index contributed by atoms with van der Waals surface area (Å²) in [5.41, 5.74) is 3.56. The molecule has 0 bridgehead atoms. The molecule has 0 spiro atoms. The van der Waals surface area contributed by atoms with Crippen molar-refractivity contribution in [2.75, 3.05) is 18.5 Å². The third-order valence-corrected chi connectivity index (χ3v) is 5.40. The summed E-state index contributed by atoms with van der Waals surface area (Å²) < 4.78 is 25.3. The number of amides is 1. The number of anilines is 1. The van der Waals surface area contributed by atoms with Crippen LogP contribution in [0.15, 0.2) is 84.9 Å². The van der Waals surface area contributed by atoms with Gasteiger partial charge in [-0.1, -0.05) is 68.4 Å². The molecule has 1 N–H and O–H groups in total. The Morgan fingerprint density at radius 2 is 1.64 bits per heavy atom. The first-order valence-electron chi connectivity index (χ1n) is 11.5. The Labute approximate surface area is 208 Å². The van der Waals surface area contributed by atoms with E-state index in [0.29, 0.717) is 17.4 Å². The molecule has 0 aliphatic heterocycles. The van der Waals surface area contributed by atoms with Crippen LogP contribution in [-0.2, 0) is 14.3 Å². The van der Waals surface area contributed by atoms with E-state index < -0.39 is 30.9 Å². The van der Waals surface area contributed by atoms with Crippen molar-refractivity contribution in [1.82, 2.24) is 9.78 Å². The van der Waals surface area contributed by atoms with Gasteiger partial charge in [-0.3, -0.25) is 4.79 Å². The van der Waals surface area contributed by atoms with Gasteiger partial charge in [-0.05, 0) is 35.7 Å². The normalized spacial score (nSPS) is 10.8. The van der Waals surface area contributed by atoms with Gasteiger partial charge < -0.3 is 14.8 Å². The predicted octanol–water partition coefficient (Wildman–Crippen LogP) is 5.36. The molecular weight excluding hydrogens is 461 g/mol. The smallest absolute Gasteiger partial charge is 0.344 e. The van der Waals surface area contributed by atoms with Crippen LogP contribution in [0.1, 0.15) is 25.3 Å². The van der Waals surface area contributed by atoms with Gasteiger partial charge in [-0.25, -0.2) is 13.9 Å². The number of halogens is 1. The van der Waals surface area contributed by atoms with Crippen molar-refractivity contribution in [3.63, 3.8) is 0 Å². The second-order valence-corrected chi connectivity index (χ2v) is 8.37. The second kappa shape index (κ2) is 11.3. The highest BCUT2D eigenvalue weighted by Gasteiger charge is 2.16. The van der Waals surface area contributed by atoms with Crippen LogP contribution in [0.5, 0.6) is 5.75 Å². The number of para-hydroxylation sites is 2. The minimum absolute atomic E-state index is 0.0698. The maximum Gasteiger partial charge on any atom is 0.344 e. The lowest BCUT2D eigenvalue weighted by Crippen LogP contribution is -2.24. The lowest BCUT2D eigenvalue weighted by Gasteiger charge is -2.10. The molecule has 0 aliphatic rings. The number of benzene rings is 3. The summed E-state index contributed by atoms with van der Waals surface area (Å²) in [5.74, 6) is -1.17. The van der Waals surface area contributed by atoms with Crippen LogP contribution >= 0.6 is 0 Å². The van der Waals surface area contributed by atoms with Gasteiger partial charge >= 0.3 is 5.97 Å². The fourth-order valence-corrected chi connectivity index (χ4v) is 3.48. The highest BCUT2D eigenvalue weighted by atomic mass is 19.1. The minimum Gasteiger partial charge on any atom is -0.479 e. The number of carbonyl (C=O) groups excluding carboxylic acids is 2. The van der Waals surface area contributed by atoms with Gasteiger partial charge in [0, 0.05) is 11.6 Å². The van der Waals surface area contributed by atoms with Crippen LogP contribution in [0.2, 0.25) is 0 Å². The fourth-order valence-electron chi connectivity index (χ4n) is 3.48. The highest BCUT2D eigenvalue weighted by molar-refractivity contribution is 5.93. The van der Waals surface area contributed by atoms with Crippen LogP contribution in [0.4, 0.5) is 10.2 Å². The van der Waals surface area contributed by atoms with E-state index in [1.807, 2.05) is 42.5 Å². The molecule has 1 amide bonds. The minimum atomic E-state index is -0.795. The third kappa shape index (κ3) is 6.15. The van der Waals surface area contributed by atoms with E-state index in [4.69, 9.17) is 9.47 Å². The first kappa shape index (κ1) is 24.7. The average Bonchev–Trinajstić information content (AvgIpc) is 3.31. The molecule has 184 valence electrons. The fraction of sp³-hybridized carbons (Fsp3) is 0.179. The molecule has 0 radical (unpaired) electrons. The van der Waals surface area contributed by atoms with Gasteiger partial charge in [-0.15, -0.1) is 0 Å². The third-order valence-electron chi connectivity index (χ3n) is 5.40. The summed E-state index contributed by atoms with van der Waals surface area (Å²) in [6.07, 6.45) is 0. The number of esters is 1. The molecule has 0 atom stereocenters. The van der Waals surface area contributed by atoms with Gasteiger partial charge in [0.15, 0.2) is 24.8 Å². The van der Waals surface area contributed by atoms with E-state index in [0.717, 1.165) is 11.3 Å². The molecule has 0 saturated carbocycles. The van der Waals surface area contributed by atoms with Crippen molar-refractivity contribution in [1.29, 1.82) is 0 Å². The molecule has 0 fully saturated rings. The molecule has 3 aromatic carbocycles. The van der Waals surface area contributed by atoms with Crippen LogP contribution in [0, 0.1) is 5.82 Å². The molecule has 36 heavy (non-hydrogen) atoms. The van der Waals surface area contributed by atoms with E-state index in [1.54, 1.807) is 16.8 Å². The summed E-state index contributed by atoms with van der Waals surface area (Å²) in [7, 11) is 0. The van der Waals surface area contributed by atoms with Crippen LogP contribution in [0.3, 0.4) is 0 Å². The van der Waals surface area contributed by atoms with E-state index >= 15 is 0 Å². The van der Waals surface area contributed by atoms with Gasteiger partial charge in [0.25, 0.3) is 5.91 Å². The number of ether oxygens (including phenoxy) is 2. The van der Waals surface area contributed by atoms with Gasteiger partial charge in [0.05, 0.1) is 11.4 Å². The number of aromatic nitrogens is 2. The zero-order chi connectivity index (χ0) is 25.5. The quantitative estimate of drug-likeness (QED) is 0.321. The Bertz CT molecular complexity index is 1330. The topological polar surface area (TPSA) is 82.5 Å². The maximum absolute atomic E-state index is 13.6. The van der Waals surface area contributed by atoms with E-state index in [1.165, 1.54) is 23.8 Å². The lowest BCUT2D eigenvalue weighted by molar-refractivity contribution is -0.149. The number of hydrogen-bond acceptors (Lipinski definition) is 5. The van der Waals surface area contributed by atoms with Crippen molar-refractivity contribution in [2.45, 2.75) is 19.8 Å². The largest absolute Gasteiger partial charge is 0.479 e. The zero-order valence-corrected chi connectivity index (χ0v) is 20.0. The van der Waals surface area contributed by atoms with Crippen LogP contribution in [0.25, 0.3) is 16.9 Å². The summed E-state index contributed by atoms with van der Waals surface area (Å²) in [6, 6.07) is 25.0.